The predicted molar refractivity (Wildman–Crippen MR) is 88.4 cm³/mol. The molecule has 0 aromatic heterocycles. The van der Waals surface area contributed by atoms with Crippen molar-refractivity contribution in [3.8, 4) is 0 Å². The lowest BCUT2D eigenvalue weighted by Gasteiger charge is -2.29. The molecule has 4 nitrogen and oxygen atoms in total. The molecule has 0 atom stereocenters. The van der Waals surface area contributed by atoms with Crippen molar-refractivity contribution in [1.29, 1.82) is 0 Å². The molecule has 0 bridgehead atoms. The Morgan fingerprint density at radius 2 is 1.32 bits per heavy atom. The van der Waals surface area contributed by atoms with E-state index in [4.69, 9.17) is 14.7 Å². The Balaban J connectivity index is 2.34. The summed E-state index contributed by atoms with van der Waals surface area (Å²) in [5, 5.41) is 9.38. The molecule has 0 spiro atoms. The summed E-state index contributed by atoms with van der Waals surface area (Å²) in [6.07, 6.45) is 16.9. The largest absolute Gasteiger partial charge is 0.249 e. The Bertz CT molecular complexity index is 233. The average molecular weight is 316 g/mol. The van der Waals surface area contributed by atoms with E-state index in [2.05, 4.69) is 6.92 Å². The van der Waals surface area contributed by atoms with Crippen LogP contribution in [0.4, 0.5) is 0 Å². The van der Waals surface area contributed by atoms with E-state index in [9.17, 15) is 5.26 Å². The van der Waals surface area contributed by atoms with Gasteiger partial charge in [-0.1, -0.05) is 71.1 Å². The fourth-order valence-corrected chi connectivity index (χ4v) is 3.08. The molecule has 0 aliphatic heterocycles. The number of hydrogen-bond acceptors (Lipinski definition) is 4. The van der Waals surface area contributed by atoms with Crippen LogP contribution in [0.25, 0.3) is 0 Å². The third-order valence-corrected chi connectivity index (χ3v) is 4.57. The van der Waals surface area contributed by atoms with E-state index in [1.54, 1.807) is 0 Å². The molecule has 4 heteroatoms. The Labute approximate surface area is 136 Å². The standard InChI is InChI=1S/C18H36O4/c1-2-3-4-14-17-20-22-18(21-19)15-12-10-8-6-5-7-9-11-13-16-18/h19H,2-17H2,1H3. The summed E-state index contributed by atoms with van der Waals surface area (Å²) < 4.78 is 0. The van der Waals surface area contributed by atoms with Gasteiger partial charge in [-0.15, -0.1) is 0 Å². The van der Waals surface area contributed by atoms with Crippen molar-refractivity contribution in [2.24, 2.45) is 0 Å². The second-order valence-electron chi connectivity index (χ2n) is 6.65. The van der Waals surface area contributed by atoms with Crippen LogP contribution in [0.15, 0.2) is 0 Å². The van der Waals surface area contributed by atoms with Gasteiger partial charge in [0.1, 0.15) is 0 Å². The van der Waals surface area contributed by atoms with E-state index in [1.165, 1.54) is 57.8 Å². The van der Waals surface area contributed by atoms with Gasteiger partial charge < -0.3 is 0 Å². The van der Waals surface area contributed by atoms with Gasteiger partial charge >= 0.3 is 0 Å². The van der Waals surface area contributed by atoms with Crippen LogP contribution in [0.2, 0.25) is 0 Å². The zero-order chi connectivity index (χ0) is 15.9. The fraction of sp³-hybridized carbons (Fsp3) is 1.00. The summed E-state index contributed by atoms with van der Waals surface area (Å²) in [5.74, 6) is -0.954. The molecule has 0 aromatic rings. The monoisotopic (exact) mass is 316 g/mol. The molecule has 0 unspecified atom stereocenters. The molecule has 0 amide bonds. The molecule has 0 saturated heterocycles. The summed E-state index contributed by atoms with van der Waals surface area (Å²) >= 11 is 0. The van der Waals surface area contributed by atoms with E-state index in [0.29, 0.717) is 19.4 Å². The van der Waals surface area contributed by atoms with Crippen LogP contribution in [-0.2, 0) is 14.7 Å². The van der Waals surface area contributed by atoms with Gasteiger partial charge in [0, 0.05) is 12.8 Å². The smallest absolute Gasteiger partial charge is 0.233 e. The molecular formula is C18H36O4. The van der Waals surface area contributed by atoms with E-state index < -0.39 is 5.79 Å². The molecule has 0 heterocycles. The molecule has 0 radical (unpaired) electrons. The molecule has 1 aliphatic rings. The molecule has 1 saturated carbocycles. The minimum absolute atomic E-state index is 0.575. The minimum Gasteiger partial charge on any atom is -0.249 e. The molecule has 1 fully saturated rings. The summed E-state index contributed by atoms with van der Waals surface area (Å²) in [6, 6.07) is 0. The molecular weight excluding hydrogens is 280 g/mol. The van der Waals surface area contributed by atoms with Crippen LogP contribution in [0, 0.1) is 0 Å². The Hall–Kier alpha value is -0.160. The fourth-order valence-electron chi connectivity index (χ4n) is 3.08. The third-order valence-electron chi connectivity index (χ3n) is 4.57. The zero-order valence-electron chi connectivity index (χ0n) is 14.5. The molecule has 132 valence electrons. The highest BCUT2D eigenvalue weighted by Crippen LogP contribution is 2.29. The van der Waals surface area contributed by atoms with Gasteiger partial charge in [-0.05, 0) is 19.3 Å². The van der Waals surface area contributed by atoms with Crippen molar-refractivity contribution in [2.75, 3.05) is 6.61 Å². The van der Waals surface area contributed by atoms with E-state index >= 15 is 0 Å². The van der Waals surface area contributed by atoms with Gasteiger partial charge in [-0.3, -0.25) is 0 Å². The Morgan fingerprint density at radius 3 is 1.82 bits per heavy atom. The quantitative estimate of drug-likeness (QED) is 0.258. The lowest BCUT2D eigenvalue weighted by molar-refractivity contribution is -0.503. The van der Waals surface area contributed by atoms with Crippen molar-refractivity contribution < 1.29 is 19.9 Å². The van der Waals surface area contributed by atoms with E-state index in [-0.39, 0.29) is 0 Å². The maximum Gasteiger partial charge on any atom is 0.233 e. The van der Waals surface area contributed by atoms with Gasteiger partial charge in [-0.2, -0.15) is 4.89 Å². The van der Waals surface area contributed by atoms with Crippen LogP contribution in [0.5, 0.6) is 0 Å². The van der Waals surface area contributed by atoms with Gasteiger partial charge in [0.05, 0.1) is 6.61 Å². The Morgan fingerprint density at radius 1 is 0.773 bits per heavy atom. The average Bonchev–Trinajstić information content (AvgIpc) is 2.53. The van der Waals surface area contributed by atoms with Crippen molar-refractivity contribution in [3.63, 3.8) is 0 Å². The second kappa shape index (κ2) is 13.3. The lowest BCUT2D eigenvalue weighted by atomic mass is 9.97. The van der Waals surface area contributed by atoms with Crippen LogP contribution in [0.3, 0.4) is 0 Å². The highest BCUT2D eigenvalue weighted by molar-refractivity contribution is 4.68. The van der Waals surface area contributed by atoms with Crippen molar-refractivity contribution in [1.82, 2.24) is 0 Å². The SMILES string of the molecule is CCCCCCOOC1(OO)CCCCCCCCCCC1. The maximum absolute atomic E-state index is 9.38. The first kappa shape index (κ1) is 19.9. The number of unbranched alkanes of at least 4 members (excludes halogenated alkanes) is 3. The van der Waals surface area contributed by atoms with Crippen molar-refractivity contribution in [2.45, 2.75) is 109 Å². The maximum atomic E-state index is 9.38. The van der Waals surface area contributed by atoms with Crippen LogP contribution in [-0.4, -0.2) is 17.7 Å². The third kappa shape index (κ3) is 9.09. The highest BCUT2D eigenvalue weighted by atomic mass is 17.3. The second-order valence-corrected chi connectivity index (χ2v) is 6.65. The Kier molecular flexibility index (Phi) is 12.0. The first-order valence-corrected chi connectivity index (χ1v) is 9.46. The molecule has 1 rings (SSSR count). The van der Waals surface area contributed by atoms with Crippen LogP contribution >= 0.6 is 0 Å². The summed E-state index contributed by atoms with van der Waals surface area (Å²) in [7, 11) is 0. The molecule has 0 aromatic carbocycles. The molecule has 1 N–H and O–H groups in total. The topological polar surface area (TPSA) is 47.9 Å². The van der Waals surface area contributed by atoms with Crippen molar-refractivity contribution in [3.05, 3.63) is 0 Å². The first-order chi connectivity index (χ1) is 10.8. The summed E-state index contributed by atoms with van der Waals surface area (Å²) in [5.41, 5.74) is 0. The van der Waals surface area contributed by atoms with Crippen LogP contribution in [0.1, 0.15) is 103 Å². The summed E-state index contributed by atoms with van der Waals surface area (Å²) in [6.45, 7) is 2.77. The van der Waals surface area contributed by atoms with Gasteiger partial charge in [0.25, 0.3) is 0 Å². The highest BCUT2D eigenvalue weighted by Gasteiger charge is 2.33. The van der Waals surface area contributed by atoms with Gasteiger partial charge in [0.2, 0.25) is 5.79 Å². The van der Waals surface area contributed by atoms with Gasteiger partial charge in [0.15, 0.2) is 0 Å². The lowest BCUT2D eigenvalue weighted by Crippen LogP contribution is -2.35. The van der Waals surface area contributed by atoms with Crippen molar-refractivity contribution >= 4 is 0 Å². The van der Waals surface area contributed by atoms with Gasteiger partial charge in [-0.25, -0.2) is 15.0 Å². The molecule has 22 heavy (non-hydrogen) atoms. The number of hydrogen-bond donors (Lipinski definition) is 1. The minimum atomic E-state index is -0.954. The zero-order valence-corrected chi connectivity index (χ0v) is 14.5. The number of rotatable bonds is 8. The van der Waals surface area contributed by atoms with E-state index in [0.717, 1.165) is 25.7 Å². The van der Waals surface area contributed by atoms with E-state index in [1.807, 2.05) is 0 Å². The predicted octanol–water partition coefficient (Wildman–Crippen LogP) is 6.01. The normalized spacial score (nSPS) is 21.0. The summed E-state index contributed by atoms with van der Waals surface area (Å²) in [4.78, 5) is 15.6. The van der Waals surface area contributed by atoms with Crippen LogP contribution < -0.4 is 0 Å². The first-order valence-electron chi connectivity index (χ1n) is 9.46. The molecule has 1 aliphatic carbocycles.